The summed E-state index contributed by atoms with van der Waals surface area (Å²) in [5.41, 5.74) is -1.17. The number of aryl methyl sites for hydroxylation is 1. The van der Waals surface area contributed by atoms with Crippen LogP contribution in [0.3, 0.4) is 0 Å². The highest BCUT2D eigenvalue weighted by molar-refractivity contribution is 5.73. The average molecular weight is 428 g/mol. The molecule has 1 aromatic carbocycles. The summed E-state index contributed by atoms with van der Waals surface area (Å²) in [4.78, 5) is 26.3. The number of likely N-dealkylation sites (tertiary alicyclic amines) is 1. The molecule has 0 spiro atoms. The van der Waals surface area contributed by atoms with E-state index in [1.807, 2.05) is 0 Å². The normalized spacial score (nSPS) is 16.0. The van der Waals surface area contributed by atoms with Gasteiger partial charge in [-0.3, -0.25) is 0 Å². The third-order valence-corrected chi connectivity index (χ3v) is 4.26. The molecule has 1 heterocycles. The van der Waals surface area contributed by atoms with Gasteiger partial charge in [-0.25, -0.2) is 9.59 Å². The second-order valence-corrected chi connectivity index (χ2v) is 9.40. The predicted molar refractivity (Wildman–Crippen MR) is 107 cm³/mol. The minimum atomic E-state index is -2.94. The van der Waals surface area contributed by atoms with Crippen molar-refractivity contribution in [2.75, 3.05) is 13.1 Å². The molecule has 30 heavy (non-hydrogen) atoms. The van der Waals surface area contributed by atoms with E-state index in [1.165, 1.54) is 11.0 Å². The van der Waals surface area contributed by atoms with E-state index < -0.39 is 35.5 Å². The molecule has 0 aromatic heterocycles. The standard InChI is InChI=1S/C21H30F2N2O5/c1-13-10-14(8-9-15(13)28-16(22)23)21(24-17(26)29-19(2,3)4)11-25(12-21)18(27)30-20(5,6)7/h8-10,16H,11-12H2,1-7H3,(H,24,26). The Balaban J connectivity index is 2.26. The van der Waals surface area contributed by atoms with Crippen LogP contribution in [0.25, 0.3) is 0 Å². The number of alkyl halides is 2. The number of hydrogen-bond acceptors (Lipinski definition) is 5. The summed E-state index contributed by atoms with van der Waals surface area (Å²) in [6.07, 6.45) is -1.14. The van der Waals surface area contributed by atoms with Crippen molar-refractivity contribution < 1.29 is 32.6 Å². The molecule has 168 valence electrons. The van der Waals surface area contributed by atoms with Crippen molar-refractivity contribution in [3.63, 3.8) is 0 Å². The van der Waals surface area contributed by atoms with Gasteiger partial charge in [-0.2, -0.15) is 8.78 Å². The third-order valence-electron chi connectivity index (χ3n) is 4.26. The maximum atomic E-state index is 12.6. The van der Waals surface area contributed by atoms with Crippen molar-refractivity contribution in [3.05, 3.63) is 29.3 Å². The molecule has 2 amide bonds. The lowest BCUT2D eigenvalue weighted by molar-refractivity contribution is -0.0504. The number of halogens is 2. The van der Waals surface area contributed by atoms with E-state index in [9.17, 15) is 18.4 Å². The summed E-state index contributed by atoms with van der Waals surface area (Å²) in [5, 5.41) is 2.84. The Labute approximate surface area is 175 Å². The summed E-state index contributed by atoms with van der Waals surface area (Å²) in [6, 6.07) is 4.67. The summed E-state index contributed by atoms with van der Waals surface area (Å²) < 4.78 is 40.4. The number of benzene rings is 1. The molecule has 1 saturated heterocycles. The van der Waals surface area contributed by atoms with Crippen LogP contribution in [0.5, 0.6) is 5.75 Å². The van der Waals surface area contributed by atoms with Crippen molar-refractivity contribution in [1.29, 1.82) is 0 Å². The minimum absolute atomic E-state index is 0.0458. The number of carbonyl (C=O) groups excluding carboxylic acids is 2. The molecule has 2 rings (SSSR count). The number of nitrogens with zero attached hydrogens (tertiary/aromatic N) is 1. The molecule has 1 aliphatic heterocycles. The van der Waals surface area contributed by atoms with Crippen molar-refractivity contribution in [2.24, 2.45) is 0 Å². The van der Waals surface area contributed by atoms with Crippen LogP contribution in [-0.2, 0) is 15.0 Å². The molecule has 1 fully saturated rings. The number of rotatable bonds is 4. The zero-order chi connectivity index (χ0) is 22.9. The molecule has 7 nitrogen and oxygen atoms in total. The van der Waals surface area contributed by atoms with Crippen LogP contribution in [0.4, 0.5) is 18.4 Å². The number of alkyl carbamates (subject to hydrolysis) is 1. The van der Waals surface area contributed by atoms with Crippen LogP contribution in [0.2, 0.25) is 0 Å². The monoisotopic (exact) mass is 428 g/mol. The van der Waals surface area contributed by atoms with Gasteiger partial charge < -0.3 is 24.4 Å². The fourth-order valence-electron chi connectivity index (χ4n) is 3.07. The Morgan fingerprint density at radius 2 is 1.63 bits per heavy atom. The molecule has 0 radical (unpaired) electrons. The van der Waals surface area contributed by atoms with Gasteiger partial charge in [-0.15, -0.1) is 0 Å². The van der Waals surface area contributed by atoms with Gasteiger partial charge in [0.05, 0.1) is 13.1 Å². The minimum Gasteiger partial charge on any atom is -0.444 e. The molecule has 1 aliphatic rings. The molecule has 0 unspecified atom stereocenters. The van der Waals surface area contributed by atoms with E-state index in [4.69, 9.17) is 9.47 Å². The number of carbonyl (C=O) groups is 2. The second-order valence-electron chi connectivity index (χ2n) is 9.40. The molecule has 0 bridgehead atoms. The van der Waals surface area contributed by atoms with E-state index in [2.05, 4.69) is 10.1 Å². The lowest BCUT2D eigenvalue weighted by Crippen LogP contribution is -2.69. The topological polar surface area (TPSA) is 77.1 Å². The molecule has 0 saturated carbocycles. The molecular formula is C21H30F2N2O5. The van der Waals surface area contributed by atoms with Crippen molar-refractivity contribution in [3.8, 4) is 5.75 Å². The van der Waals surface area contributed by atoms with Crippen molar-refractivity contribution in [2.45, 2.75) is 71.8 Å². The summed E-state index contributed by atoms with van der Waals surface area (Å²) in [7, 11) is 0. The van der Waals surface area contributed by atoms with E-state index in [-0.39, 0.29) is 18.8 Å². The molecular weight excluding hydrogens is 398 g/mol. The van der Waals surface area contributed by atoms with Crippen LogP contribution in [0.1, 0.15) is 52.7 Å². The lowest BCUT2D eigenvalue weighted by Gasteiger charge is -2.50. The summed E-state index contributed by atoms with van der Waals surface area (Å²) in [6.45, 7) is 9.52. The Kier molecular flexibility index (Phi) is 6.54. The predicted octanol–water partition coefficient (Wildman–Crippen LogP) is 4.57. The fraction of sp³-hybridized carbons (Fsp3) is 0.619. The molecule has 1 N–H and O–H groups in total. The fourth-order valence-corrected chi connectivity index (χ4v) is 3.07. The van der Waals surface area contributed by atoms with Gasteiger partial charge in [0, 0.05) is 0 Å². The largest absolute Gasteiger partial charge is 0.444 e. The zero-order valence-electron chi connectivity index (χ0n) is 18.5. The summed E-state index contributed by atoms with van der Waals surface area (Å²) >= 11 is 0. The van der Waals surface area contributed by atoms with E-state index >= 15 is 0 Å². The Hall–Kier alpha value is -2.58. The summed E-state index contributed by atoms with van der Waals surface area (Å²) in [5.74, 6) is 0.0458. The smallest absolute Gasteiger partial charge is 0.410 e. The van der Waals surface area contributed by atoms with Gasteiger partial charge in [0.2, 0.25) is 0 Å². The van der Waals surface area contributed by atoms with Crippen molar-refractivity contribution >= 4 is 12.2 Å². The first kappa shape index (κ1) is 23.7. The third kappa shape index (κ3) is 6.21. The first-order valence-corrected chi connectivity index (χ1v) is 9.65. The van der Waals surface area contributed by atoms with Gasteiger partial charge in [0.1, 0.15) is 22.5 Å². The first-order valence-electron chi connectivity index (χ1n) is 9.65. The highest BCUT2D eigenvalue weighted by Crippen LogP contribution is 2.36. The van der Waals surface area contributed by atoms with Crippen LogP contribution in [0.15, 0.2) is 18.2 Å². The highest BCUT2D eigenvalue weighted by atomic mass is 19.3. The van der Waals surface area contributed by atoms with Crippen LogP contribution in [0, 0.1) is 6.92 Å². The second kappa shape index (κ2) is 8.28. The lowest BCUT2D eigenvalue weighted by atomic mass is 9.82. The molecule has 1 aromatic rings. The number of hydrogen-bond donors (Lipinski definition) is 1. The SMILES string of the molecule is Cc1cc(C2(NC(=O)OC(C)(C)C)CN(C(=O)OC(C)(C)C)C2)ccc1OC(F)F. The zero-order valence-corrected chi connectivity index (χ0v) is 18.5. The molecule has 9 heteroatoms. The quantitative estimate of drug-likeness (QED) is 0.760. The number of ether oxygens (including phenoxy) is 3. The molecule has 0 atom stereocenters. The Morgan fingerprint density at radius 1 is 1.07 bits per heavy atom. The maximum absolute atomic E-state index is 12.6. The number of nitrogens with one attached hydrogen (secondary N) is 1. The van der Waals surface area contributed by atoms with Gasteiger partial charge >= 0.3 is 18.8 Å². The van der Waals surface area contributed by atoms with E-state index in [0.29, 0.717) is 11.1 Å². The maximum Gasteiger partial charge on any atom is 0.410 e. The van der Waals surface area contributed by atoms with Gasteiger partial charge in [-0.05, 0) is 71.7 Å². The van der Waals surface area contributed by atoms with Gasteiger partial charge in [0.25, 0.3) is 0 Å². The van der Waals surface area contributed by atoms with Gasteiger partial charge in [0.15, 0.2) is 0 Å². The number of amides is 2. The average Bonchev–Trinajstić information content (AvgIpc) is 2.48. The van der Waals surface area contributed by atoms with Crippen LogP contribution in [-0.4, -0.2) is 48.0 Å². The Bertz CT molecular complexity index is 794. The van der Waals surface area contributed by atoms with Crippen LogP contribution < -0.4 is 10.1 Å². The Morgan fingerprint density at radius 3 is 2.10 bits per heavy atom. The first-order chi connectivity index (χ1) is 13.6. The molecule has 0 aliphatic carbocycles. The van der Waals surface area contributed by atoms with E-state index in [1.54, 1.807) is 60.6 Å². The van der Waals surface area contributed by atoms with Gasteiger partial charge in [-0.1, -0.05) is 6.07 Å². The van der Waals surface area contributed by atoms with Crippen LogP contribution >= 0.6 is 0 Å². The van der Waals surface area contributed by atoms with Crippen molar-refractivity contribution in [1.82, 2.24) is 10.2 Å². The van der Waals surface area contributed by atoms with E-state index in [0.717, 1.165) is 0 Å². The highest BCUT2D eigenvalue weighted by Gasteiger charge is 2.49.